The molecule has 2 heteroatoms. The molecular formula is C6H6NO. The van der Waals surface area contributed by atoms with Crippen molar-refractivity contribution < 1.29 is 0 Å². The largest absolute Gasteiger partial charge is 0.326 e. The van der Waals surface area contributed by atoms with Gasteiger partial charge in [-0.2, -0.15) is 0 Å². The molecule has 0 aliphatic carbocycles. The Kier molecular flexibility index (Phi) is 1.16. The zero-order valence-electron chi connectivity index (χ0n) is 4.56. The van der Waals surface area contributed by atoms with Gasteiger partial charge < -0.3 is 4.98 Å². The zero-order valence-corrected chi connectivity index (χ0v) is 4.56. The van der Waals surface area contributed by atoms with Crippen molar-refractivity contribution in [3.05, 3.63) is 34.2 Å². The molecule has 8 heavy (non-hydrogen) atoms. The maximum absolute atomic E-state index is 10.4. The van der Waals surface area contributed by atoms with Crippen LogP contribution >= 0.6 is 0 Å². The monoisotopic (exact) mass is 108 g/mol. The summed E-state index contributed by atoms with van der Waals surface area (Å²) >= 11 is 0. The fraction of sp³-hybridized carbons (Fsp3) is 0.167. The van der Waals surface area contributed by atoms with Crippen LogP contribution in [-0.2, 0) is 0 Å². The molecule has 41 valence electrons. The second kappa shape index (κ2) is 1.82. The average Bonchev–Trinajstić information content (AvgIpc) is 1.64. The lowest BCUT2D eigenvalue weighted by molar-refractivity contribution is 1.14. The third-order valence-corrected chi connectivity index (χ3v) is 0.845. The van der Waals surface area contributed by atoms with Gasteiger partial charge in [-0.3, -0.25) is 4.79 Å². The number of aromatic nitrogens is 1. The van der Waals surface area contributed by atoms with Crippen molar-refractivity contribution in [2.24, 2.45) is 0 Å². The Hall–Kier alpha value is -1.05. The first-order valence-corrected chi connectivity index (χ1v) is 2.36. The lowest BCUT2D eigenvalue weighted by atomic mass is 10.4. The molecule has 0 unspecified atom stereocenters. The first-order valence-electron chi connectivity index (χ1n) is 2.36. The molecule has 2 nitrogen and oxygen atoms in total. The maximum Gasteiger partial charge on any atom is 0.248 e. The Morgan fingerprint density at radius 2 is 2.50 bits per heavy atom. The summed E-state index contributed by atoms with van der Waals surface area (Å²) in [6.07, 6.45) is 0. The zero-order chi connectivity index (χ0) is 5.98. The van der Waals surface area contributed by atoms with E-state index in [-0.39, 0.29) is 5.56 Å². The molecule has 0 saturated carbocycles. The van der Waals surface area contributed by atoms with E-state index >= 15 is 0 Å². The van der Waals surface area contributed by atoms with Gasteiger partial charge in [0.05, 0.1) is 0 Å². The predicted octanol–water partition coefficient (Wildman–Crippen LogP) is 0.484. The highest BCUT2D eigenvalue weighted by atomic mass is 16.1. The van der Waals surface area contributed by atoms with Gasteiger partial charge >= 0.3 is 0 Å². The van der Waals surface area contributed by atoms with Crippen LogP contribution in [-0.4, -0.2) is 4.98 Å². The summed E-state index contributed by atoms with van der Waals surface area (Å²) in [5, 5.41) is 0. The van der Waals surface area contributed by atoms with E-state index in [1.807, 2.05) is 0 Å². The van der Waals surface area contributed by atoms with E-state index in [0.717, 1.165) is 5.69 Å². The predicted molar refractivity (Wildman–Crippen MR) is 30.6 cm³/mol. The Bertz CT molecular complexity index is 226. The van der Waals surface area contributed by atoms with Crippen molar-refractivity contribution in [1.82, 2.24) is 4.98 Å². The normalized spacial score (nSPS) is 9.12. The number of hydrogen-bond donors (Lipinski definition) is 1. The molecular weight excluding hydrogens is 102 g/mol. The van der Waals surface area contributed by atoms with Crippen LogP contribution in [0.2, 0.25) is 0 Å². The molecule has 0 aliphatic rings. The summed E-state index contributed by atoms with van der Waals surface area (Å²) in [4.78, 5) is 13.0. The second-order valence-electron chi connectivity index (χ2n) is 1.59. The molecule has 1 aromatic rings. The molecule has 1 heterocycles. The molecule has 0 saturated heterocycles. The van der Waals surface area contributed by atoms with Crippen LogP contribution in [0.15, 0.2) is 16.9 Å². The summed E-state index contributed by atoms with van der Waals surface area (Å²) in [7, 11) is 0. The van der Waals surface area contributed by atoms with Crippen molar-refractivity contribution >= 4 is 0 Å². The highest BCUT2D eigenvalue weighted by Gasteiger charge is 1.80. The smallest absolute Gasteiger partial charge is 0.248 e. The van der Waals surface area contributed by atoms with E-state index in [2.05, 4.69) is 11.1 Å². The number of H-pyrrole nitrogens is 1. The van der Waals surface area contributed by atoms with Crippen molar-refractivity contribution in [3.63, 3.8) is 0 Å². The van der Waals surface area contributed by atoms with Crippen LogP contribution < -0.4 is 5.56 Å². The average molecular weight is 108 g/mol. The highest BCUT2D eigenvalue weighted by molar-refractivity contribution is 4.98. The standard InChI is InChI=1S/C6H6NO/c1-5-3-2-4-6(8)7-5/h2,4H,1H3,(H,7,8). The summed E-state index contributed by atoms with van der Waals surface area (Å²) in [6, 6.07) is 5.86. The van der Waals surface area contributed by atoms with Crippen LogP contribution in [0.4, 0.5) is 0 Å². The second-order valence-corrected chi connectivity index (χ2v) is 1.59. The van der Waals surface area contributed by atoms with Gasteiger partial charge in [-0.05, 0) is 13.0 Å². The third kappa shape index (κ3) is 0.964. The molecule has 1 radical (unpaired) electrons. The molecule has 1 aromatic heterocycles. The van der Waals surface area contributed by atoms with Crippen LogP contribution in [0.1, 0.15) is 5.69 Å². The summed E-state index contributed by atoms with van der Waals surface area (Å²) in [5.74, 6) is 0. The fourth-order valence-electron chi connectivity index (χ4n) is 0.505. The van der Waals surface area contributed by atoms with Crippen molar-refractivity contribution in [2.75, 3.05) is 0 Å². The Morgan fingerprint density at radius 3 is 2.88 bits per heavy atom. The summed E-state index contributed by atoms with van der Waals surface area (Å²) in [5.41, 5.74) is 0.707. The fourth-order valence-corrected chi connectivity index (χ4v) is 0.505. The van der Waals surface area contributed by atoms with Gasteiger partial charge in [-0.25, -0.2) is 0 Å². The molecule has 0 amide bonds. The van der Waals surface area contributed by atoms with Gasteiger partial charge in [0.2, 0.25) is 5.56 Å². The van der Waals surface area contributed by atoms with Gasteiger partial charge in [-0.15, -0.1) is 0 Å². The Balaban J connectivity index is 3.28. The number of aryl methyl sites for hydroxylation is 1. The van der Waals surface area contributed by atoms with Gasteiger partial charge in [0, 0.05) is 17.8 Å². The van der Waals surface area contributed by atoms with Crippen LogP contribution in [0.25, 0.3) is 0 Å². The van der Waals surface area contributed by atoms with Crippen molar-refractivity contribution in [2.45, 2.75) is 6.92 Å². The third-order valence-electron chi connectivity index (χ3n) is 0.845. The van der Waals surface area contributed by atoms with E-state index in [1.54, 1.807) is 13.0 Å². The van der Waals surface area contributed by atoms with E-state index in [0.29, 0.717) is 0 Å². The lowest BCUT2D eigenvalue weighted by Gasteiger charge is -1.84. The molecule has 0 bridgehead atoms. The van der Waals surface area contributed by atoms with E-state index in [4.69, 9.17) is 0 Å². The molecule has 0 atom stereocenters. The number of aromatic amines is 1. The number of rotatable bonds is 0. The summed E-state index contributed by atoms with van der Waals surface area (Å²) in [6.45, 7) is 1.79. The minimum atomic E-state index is -0.0683. The molecule has 1 N–H and O–H groups in total. The summed E-state index contributed by atoms with van der Waals surface area (Å²) < 4.78 is 0. The molecule has 1 rings (SSSR count). The molecule has 0 spiro atoms. The van der Waals surface area contributed by atoms with E-state index in [1.165, 1.54) is 6.07 Å². The van der Waals surface area contributed by atoms with Crippen LogP contribution in [0, 0.1) is 13.0 Å². The van der Waals surface area contributed by atoms with Crippen molar-refractivity contribution in [1.29, 1.82) is 0 Å². The quantitative estimate of drug-likeness (QED) is 0.515. The van der Waals surface area contributed by atoms with Crippen LogP contribution in [0.3, 0.4) is 0 Å². The molecule has 0 aromatic carbocycles. The molecule has 0 aliphatic heterocycles. The number of nitrogens with one attached hydrogen (secondary N) is 1. The van der Waals surface area contributed by atoms with Crippen LogP contribution in [0.5, 0.6) is 0 Å². The van der Waals surface area contributed by atoms with Gasteiger partial charge in [0.1, 0.15) is 0 Å². The first kappa shape index (κ1) is 5.09. The van der Waals surface area contributed by atoms with E-state index < -0.39 is 0 Å². The topological polar surface area (TPSA) is 32.9 Å². The Morgan fingerprint density at radius 1 is 1.75 bits per heavy atom. The van der Waals surface area contributed by atoms with Gasteiger partial charge in [-0.1, -0.05) is 0 Å². The van der Waals surface area contributed by atoms with Crippen molar-refractivity contribution in [3.8, 4) is 0 Å². The molecule has 0 fully saturated rings. The van der Waals surface area contributed by atoms with Gasteiger partial charge in [0.15, 0.2) is 0 Å². The Labute approximate surface area is 47.2 Å². The number of pyridine rings is 1. The van der Waals surface area contributed by atoms with Gasteiger partial charge in [0.25, 0.3) is 0 Å². The minimum absolute atomic E-state index is 0.0683. The minimum Gasteiger partial charge on any atom is -0.326 e. The maximum atomic E-state index is 10.4. The highest BCUT2D eigenvalue weighted by Crippen LogP contribution is 1.80. The van der Waals surface area contributed by atoms with E-state index in [9.17, 15) is 4.79 Å². The number of hydrogen-bond acceptors (Lipinski definition) is 1. The SMILES string of the molecule is Cc1[c]ccc(=O)[nH]1. The first-order chi connectivity index (χ1) is 3.79. The lowest BCUT2D eigenvalue weighted by Crippen LogP contribution is -2.03.